The fourth-order valence-electron chi connectivity index (χ4n) is 1.71. The van der Waals surface area contributed by atoms with Crippen molar-refractivity contribution in [3.63, 3.8) is 0 Å². The average molecular weight is 246 g/mol. The van der Waals surface area contributed by atoms with Crippen LogP contribution in [-0.2, 0) is 17.1 Å². The van der Waals surface area contributed by atoms with Gasteiger partial charge >= 0.3 is 0 Å². The first-order valence-corrected chi connectivity index (χ1v) is 6.33. The summed E-state index contributed by atoms with van der Waals surface area (Å²) >= 11 is 0. The molecule has 0 amide bonds. The normalized spacial score (nSPS) is 27.4. The predicted octanol–water partition coefficient (Wildman–Crippen LogP) is -1.25. The van der Waals surface area contributed by atoms with Gasteiger partial charge in [-0.05, 0) is 6.07 Å². The fraction of sp³-hybridized carbons (Fsp3) is 0.556. The van der Waals surface area contributed by atoms with E-state index in [1.807, 2.05) is 0 Å². The minimum absolute atomic E-state index is 0.0571. The molecule has 0 bridgehead atoms. The Balaban J connectivity index is 2.27. The Labute approximate surface area is 93.8 Å². The van der Waals surface area contributed by atoms with Gasteiger partial charge in [-0.1, -0.05) is 0 Å². The van der Waals surface area contributed by atoms with Gasteiger partial charge in [0.1, 0.15) is 0 Å². The molecule has 0 radical (unpaired) electrons. The van der Waals surface area contributed by atoms with Crippen LogP contribution in [0.2, 0.25) is 0 Å². The number of aromatic nitrogens is 1. The van der Waals surface area contributed by atoms with Gasteiger partial charge in [0.25, 0.3) is 0 Å². The van der Waals surface area contributed by atoms with Crippen molar-refractivity contribution in [2.75, 3.05) is 13.1 Å². The molecule has 1 aromatic heterocycles. The number of aliphatic hydroxyl groups excluding tert-OH is 2. The van der Waals surface area contributed by atoms with Crippen LogP contribution in [-0.4, -0.2) is 52.8 Å². The van der Waals surface area contributed by atoms with Crippen molar-refractivity contribution in [1.82, 2.24) is 8.87 Å². The number of β-amino-alcohol motifs (C(OH)–C–C–N with tert-alkyl or cyclic N) is 2. The molecule has 0 aliphatic carbocycles. The van der Waals surface area contributed by atoms with Gasteiger partial charge in [0, 0.05) is 32.5 Å². The molecule has 1 fully saturated rings. The summed E-state index contributed by atoms with van der Waals surface area (Å²) in [4.78, 5) is 0.177. The Morgan fingerprint density at radius 2 is 1.88 bits per heavy atom. The molecule has 0 spiro atoms. The molecule has 0 saturated carbocycles. The van der Waals surface area contributed by atoms with Crippen molar-refractivity contribution in [2.45, 2.75) is 17.1 Å². The zero-order chi connectivity index (χ0) is 11.9. The zero-order valence-electron chi connectivity index (χ0n) is 8.81. The second-order valence-electron chi connectivity index (χ2n) is 3.97. The van der Waals surface area contributed by atoms with Crippen LogP contribution in [0.3, 0.4) is 0 Å². The van der Waals surface area contributed by atoms with E-state index in [-0.39, 0.29) is 18.0 Å². The fourth-order valence-corrected chi connectivity index (χ4v) is 3.24. The summed E-state index contributed by atoms with van der Waals surface area (Å²) in [5.41, 5.74) is 0. The first-order chi connectivity index (χ1) is 7.41. The standard InChI is InChI=1S/C9H14N2O4S/c1-10-3-2-7(4-10)16(14,15)11-5-8(12)9(13)6-11/h2-4,8-9,12-13H,5-6H2,1H3/t8-,9+. The second-order valence-corrected chi connectivity index (χ2v) is 5.91. The average Bonchev–Trinajstić information content (AvgIpc) is 2.75. The summed E-state index contributed by atoms with van der Waals surface area (Å²) in [6.07, 6.45) is 1.12. The van der Waals surface area contributed by atoms with E-state index in [9.17, 15) is 18.6 Å². The number of nitrogens with zero attached hydrogens (tertiary/aromatic N) is 2. The van der Waals surface area contributed by atoms with Crippen molar-refractivity contribution in [3.8, 4) is 0 Å². The summed E-state index contributed by atoms with van der Waals surface area (Å²) in [7, 11) is -1.86. The number of rotatable bonds is 2. The third-order valence-electron chi connectivity index (χ3n) is 2.67. The maximum Gasteiger partial charge on any atom is 0.244 e. The Morgan fingerprint density at radius 1 is 1.31 bits per heavy atom. The minimum Gasteiger partial charge on any atom is -0.389 e. The molecule has 0 aromatic carbocycles. The van der Waals surface area contributed by atoms with Crippen molar-refractivity contribution < 1.29 is 18.6 Å². The summed E-state index contributed by atoms with van der Waals surface area (Å²) < 4.78 is 26.8. The molecule has 2 atom stereocenters. The highest BCUT2D eigenvalue weighted by Crippen LogP contribution is 2.21. The molecule has 2 heterocycles. The maximum atomic E-state index is 12.0. The molecule has 1 saturated heterocycles. The quantitative estimate of drug-likeness (QED) is 0.683. The number of hydrogen-bond donors (Lipinski definition) is 2. The lowest BCUT2D eigenvalue weighted by Gasteiger charge is -2.13. The van der Waals surface area contributed by atoms with Crippen LogP contribution in [0.15, 0.2) is 23.4 Å². The van der Waals surface area contributed by atoms with Crippen LogP contribution in [0.4, 0.5) is 0 Å². The molecule has 7 heteroatoms. The van der Waals surface area contributed by atoms with E-state index in [1.54, 1.807) is 17.8 Å². The Hall–Kier alpha value is -0.890. The highest BCUT2D eigenvalue weighted by atomic mass is 32.2. The van der Waals surface area contributed by atoms with Gasteiger partial charge < -0.3 is 14.8 Å². The monoisotopic (exact) mass is 246 g/mol. The van der Waals surface area contributed by atoms with Crippen molar-refractivity contribution in [2.24, 2.45) is 7.05 Å². The van der Waals surface area contributed by atoms with Crippen LogP contribution in [0.1, 0.15) is 0 Å². The van der Waals surface area contributed by atoms with Crippen LogP contribution in [0.5, 0.6) is 0 Å². The molecular weight excluding hydrogens is 232 g/mol. The summed E-state index contributed by atoms with van der Waals surface area (Å²) in [6, 6.07) is 1.49. The van der Waals surface area contributed by atoms with Gasteiger partial charge in [0.05, 0.1) is 17.1 Å². The number of hydrogen-bond acceptors (Lipinski definition) is 4. The molecule has 2 rings (SSSR count). The molecule has 1 aromatic rings. The lowest BCUT2D eigenvalue weighted by molar-refractivity contribution is 0.0572. The zero-order valence-corrected chi connectivity index (χ0v) is 9.63. The molecule has 6 nitrogen and oxygen atoms in total. The summed E-state index contributed by atoms with van der Waals surface area (Å²) in [5.74, 6) is 0. The highest BCUT2D eigenvalue weighted by Gasteiger charge is 2.37. The number of aliphatic hydroxyl groups is 2. The van der Waals surface area contributed by atoms with Crippen molar-refractivity contribution >= 4 is 10.0 Å². The number of aryl methyl sites for hydroxylation is 1. The second kappa shape index (κ2) is 3.85. The van der Waals surface area contributed by atoms with E-state index < -0.39 is 22.2 Å². The number of sulfonamides is 1. The Morgan fingerprint density at radius 3 is 2.31 bits per heavy atom. The molecule has 1 aliphatic rings. The lowest BCUT2D eigenvalue weighted by atomic mass is 10.3. The predicted molar refractivity (Wildman–Crippen MR) is 56.2 cm³/mol. The smallest absolute Gasteiger partial charge is 0.244 e. The van der Waals surface area contributed by atoms with Gasteiger partial charge in [0.2, 0.25) is 10.0 Å². The van der Waals surface area contributed by atoms with Crippen molar-refractivity contribution in [1.29, 1.82) is 0 Å². The van der Waals surface area contributed by atoms with Gasteiger partial charge in [-0.25, -0.2) is 8.42 Å². The van der Waals surface area contributed by atoms with E-state index in [4.69, 9.17) is 0 Å². The SMILES string of the molecule is Cn1ccc(S(=O)(=O)N2C[C@@H](O)[C@@H](O)C2)c1. The molecule has 90 valence electrons. The van der Waals surface area contributed by atoms with Gasteiger partial charge in [0.15, 0.2) is 0 Å². The molecule has 2 N–H and O–H groups in total. The van der Waals surface area contributed by atoms with E-state index in [2.05, 4.69) is 0 Å². The Kier molecular flexibility index (Phi) is 2.79. The first kappa shape index (κ1) is 11.6. The highest BCUT2D eigenvalue weighted by molar-refractivity contribution is 7.89. The third kappa shape index (κ3) is 1.86. The molecular formula is C9H14N2O4S. The van der Waals surface area contributed by atoms with Gasteiger partial charge in [-0.3, -0.25) is 0 Å². The van der Waals surface area contributed by atoms with Crippen LogP contribution >= 0.6 is 0 Å². The summed E-state index contributed by atoms with van der Waals surface area (Å²) in [6.45, 7) is -0.114. The molecule has 0 unspecified atom stereocenters. The largest absolute Gasteiger partial charge is 0.389 e. The van der Waals surface area contributed by atoms with Gasteiger partial charge in [-0.2, -0.15) is 4.31 Å². The third-order valence-corrected chi connectivity index (χ3v) is 4.48. The van der Waals surface area contributed by atoms with Gasteiger partial charge in [-0.15, -0.1) is 0 Å². The molecule has 16 heavy (non-hydrogen) atoms. The first-order valence-electron chi connectivity index (χ1n) is 4.89. The van der Waals surface area contributed by atoms with Crippen LogP contribution in [0.25, 0.3) is 0 Å². The molecule has 1 aliphatic heterocycles. The Bertz CT molecular complexity index is 471. The van der Waals surface area contributed by atoms with Crippen LogP contribution in [0, 0.1) is 0 Å². The lowest BCUT2D eigenvalue weighted by Crippen LogP contribution is -2.29. The van der Waals surface area contributed by atoms with Crippen molar-refractivity contribution in [3.05, 3.63) is 18.5 Å². The minimum atomic E-state index is -3.59. The van der Waals surface area contributed by atoms with E-state index in [0.717, 1.165) is 4.31 Å². The van der Waals surface area contributed by atoms with E-state index >= 15 is 0 Å². The van der Waals surface area contributed by atoms with Crippen LogP contribution < -0.4 is 0 Å². The van der Waals surface area contributed by atoms with E-state index in [0.29, 0.717) is 0 Å². The van der Waals surface area contributed by atoms with E-state index in [1.165, 1.54) is 12.3 Å². The summed E-state index contributed by atoms with van der Waals surface area (Å²) in [5, 5.41) is 18.6. The topological polar surface area (TPSA) is 82.8 Å². The maximum absolute atomic E-state index is 12.0.